The molecule has 1 atom stereocenters. The SMILES string of the molecule is N#Cc1ccc(N2CCCC2C2CCCC2)cc1[N+](=O)[O-]. The summed E-state index contributed by atoms with van der Waals surface area (Å²) in [7, 11) is 0. The van der Waals surface area contributed by atoms with Crippen molar-refractivity contribution in [2.24, 2.45) is 5.92 Å². The molecule has 5 nitrogen and oxygen atoms in total. The van der Waals surface area contributed by atoms with Gasteiger partial charge in [0.15, 0.2) is 0 Å². The van der Waals surface area contributed by atoms with Gasteiger partial charge in [0, 0.05) is 24.3 Å². The highest BCUT2D eigenvalue weighted by Crippen LogP contribution is 2.38. The van der Waals surface area contributed by atoms with Crippen LogP contribution in [0.1, 0.15) is 44.1 Å². The van der Waals surface area contributed by atoms with Gasteiger partial charge in [0.2, 0.25) is 0 Å². The van der Waals surface area contributed by atoms with E-state index in [-0.39, 0.29) is 11.3 Å². The molecule has 0 spiro atoms. The number of hydrogen-bond donors (Lipinski definition) is 0. The highest BCUT2D eigenvalue weighted by atomic mass is 16.6. The van der Waals surface area contributed by atoms with E-state index >= 15 is 0 Å². The summed E-state index contributed by atoms with van der Waals surface area (Å²) < 4.78 is 0. The van der Waals surface area contributed by atoms with E-state index in [9.17, 15) is 10.1 Å². The molecule has 1 aromatic rings. The van der Waals surface area contributed by atoms with Crippen LogP contribution < -0.4 is 4.90 Å². The minimum Gasteiger partial charge on any atom is -0.368 e. The molecule has 0 N–H and O–H groups in total. The Kier molecular flexibility index (Phi) is 3.78. The lowest BCUT2D eigenvalue weighted by Gasteiger charge is -2.31. The van der Waals surface area contributed by atoms with Gasteiger partial charge in [-0.2, -0.15) is 5.26 Å². The maximum atomic E-state index is 11.1. The summed E-state index contributed by atoms with van der Waals surface area (Å²) in [5.41, 5.74) is 0.961. The summed E-state index contributed by atoms with van der Waals surface area (Å²) in [6.45, 7) is 0.963. The van der Waals surface area contributed by atoms with Crippen LogP contribution in [0, 0.1) is 27.4 Å². The zero-order valence-corrected chi connectivity index (χ0v) is 12.0. The minimum absolute atomic E-state index is 0.0768. The number of rotatable bonds is 3. The molecule has 1 unspecified atom stereocenters. The van der Waals surface area contributed by atoms with Gasteiger partial charge >= 0.3 is 0 Å². The molecule has 1 aliphatic carbocycles. The molecule has 2 fully saturated rings. The molecule has 110 valence electrons. The molecule has 1 aliphatic heterocycles. The van der Waals surface area contributed by atoms with Crippen LogP contribution in [0.25, 0.3) is 0 Å². The zero-order valence-electron chi connectivity index (χ0n) is 12.0. The fraction of sp³-hybridized carbons (Fsp3) is 0.562. The Morgan fingerprint density at radius 3 is 2.67 bits per heavy atom. The van der Waals surface area contributed by atoms with Crippen LogP contribution in [0.5, 0.6) is 0 Å². The van der Waals surface area contributed by atoms with Crippen molar-refractivity contribution < 1.29 is 4.92 Å². The van der Waals surface area contributed by atoms with Crippen molar-refractivity contribution in [1.82, 2.24) is 0 Å². The summed E-state index contributed by atoms with van der Waals surface area (Å²) >= 11 is 0. The molecule has 0 radical (unpaired) electrons. The Morgan fingerprint density at radius 1 is 1.24 bits per heavy atom. The average Bonchev–Trinajstić information content (AvgIpc) is 3.16. The van der Waals surface area contributed by atoms with Crippen LogP contribution >= 0.6 is 0 Å². The number of anilines is 1. The molecule has 1 saturated carbocycles. The Labute approximate surface area is 124 Å². The molecule has 3 rings (SSSR count). The fourth-order valence-corrected chi connectivity index (χ4v) is 3.89. The Hall–Kier alpha value is -2.09. The second kappa shape index (κ2) is 5.72. The van der Waals surface area contributed by atoms with Crippen molar-refractivity contribution in [2.45, 2.75) is 44.6 Å². The van der Waals surface area contributed by atoms with Crippen molar-refractivity contribution in [3.05, 3.63) is 33.9 Å². The lowest BCUT2D eigenvalue weighted by atomic mass is 9.95. The molecule has 5 heteroatoms. The summed E-state index contributed by atoms with van der Waals surface area (Å²) in [6.07, 6.45) is 7.50. The lowest BCUT2D eigenvalue weighted by molar-refractivity contribution is -0.385. The second-order valence-electron chi connectivity index (χ2n) is 6.02. The summed E-state index contributed by atoms with van der Waals surface area (Å²) in [5.74, 6) is 0.724. The zero-order chi connectivity index (χ0) is 14.8. The average molecular weight is 285 g/mol. The molecule has 0 bridgehead atoms. The van der Waals surface area contributed by atoms with E-state index in [0.29, 0.717) is 6.04 Å². The maximum absolute atomic E-state index is 11.1. The van der Waals surface area contributed by atoms with Crippen LogP contribution in [-0.4, -0.2) is 17.5 Å². The number of nitrogens with zero attached hydrogens (tertiary/aromatic N) is 3. The highest BCUT2D eigenvalue weighted by Gasteiger charge is 2.34. The molecular weight excluding hydrogens is 266 g/mol. The maximum Gasteiger partial charge on any atom is 0.289 e. The first-order valence-electron chi connectivity index (χ1n) is 7.66. The quantitative estimate of drug-likeness (QED) is 0.628. The predicted octanol–water partition coefficient (Wildman–Crippen LogP) is 3.63. The van der Waals surface area contributed by atoms with Crippen molar-refractivity contribution in [3.8, 4) is 6.07 Å². The van der Waals surface area contributed by atoms with Crippen LogP contribution in [0.2, 0.25) is 0 Å². The first kappa shape index (κ1) is 13.9. The minimum atomic E-state index is -0.456. The highest BCUT2D eigenvalue weighted by molar-refractivity contribution is 5.61. The molecule has 0 amide bonds. The number of nitro groups is 1. The summed E-state index contributed by atoms with van der Waals surface area (Å²) in [6, 6.07) is 7.43. The number of nitriles is 1. The van der Waals surface area contributed by atoms with Gasteiger partial charge < -0.3 is 4.90 Å². The van der Waals surface area contributed by atoms with Crippen LogP contribution in [-0.2, 0) is 0 Å². The predicted molar refractivity (Wildman–Crippen MR) is 80.1 cm³/mol. The van der Waals surface area contributed by atoms with E-state index in [1.165, 1.54) is 32.1 Å². The van der Waals surface area contributed by atoms with Crippen molar-refractivity contribution >= 4 is 11.4 Å². The van der Waals surface area contributed by atoms with Crippen molar-refractivity contribution in [2.75, 3.05) is 11.4 Å². The van der Waals surface area contributed by atoms with Crippen LogP contribution in [0.15, 0.2) is 18.2 Å². The topological polar surface area (TPSA) is 70.2 Å². The second-order valence-corrected chi connectivity index (χ2v) is 6.02. The summed E-state index contributed by atoms with van der Waals surface area (Å²) in [4.78, 5) is 13.0. The van der Waals surface area contributed by atoms with Gasteiger partial charge in [-0.3, -0.25) is 10.1 Å². The van der Waals surface area contributed by atoms with Crippen molar-refractivity contribution in [3.63, 3.8) is 0 Å². The van der Waals surface area contributed by atoms with Crippen LogP contribution in [0.3, 0.4) is 0 Å². The van der Waals surface area contributed by atoms with Gasteiger partial charge in [-0.25, -0.2) is 0 Å². The normalized spacial score (nSPS) is 22.4. The third kappa shape index (κ3) is 2.58. The number of nitro benzene ring substituents is 1. The van der Waals surface area contributed by atoms with Gasteiger partial charge in [-0.05, 0) is 43.7 Å². The molecule has 2 aliphatic rings. The molecule has 21 heavy (non-hydrogen) atoms. The third-order valence-electron chi connectivity index (χ3n) is 4.87. The van der Waals surface area contributed by atoms with E-state index in [0.717, 1.165) is 24.6 Å². The van der Waals surface area contributed by atoms with E-state index in [2.05, 4.69) is 4.90 Å². The number of hydrogen-bond acceptors (Lipinski definition) is 4. The Morgan fingerprint density at radius 2 is 2.00 bits per heavy atom. The van der Waals surface area contributed by atoms with Crippen molar-refractivity contribution in [1.29, 1.82) is 5.26 Å². The van der Waals surface area contributed by atoms with E-state index in [1.807, 2.05) is 12.1 Å². The fourth-order valence-electron chi connectivity index (χ4n) is 3.89. The third-order valence-corrected chi connectivity index (χ3v) is 4.87. The Balaban J connectivity index is 1.90. The van der Waals surface area contributed by atoms with E-state index in [1.54, 1.807) is 12.1 Å². The first-order chi connectivity index (χ1) is 10.2. The molecule has 1 aromatic carbocycles. The monoisotopic (exact) mass is 285 g/mol. The smallest absolute Gasteiger partial charge is 0.289 e. The molecular formula is C16H19N3O2. The lowest BCUT2D eigenvalue weighted by Crippen LogP contribution is -2.34. The molecule has 1 saturated heterocycles. The van der Waals surface area contributed by atoms with Gasteiger partial charge in [-0.1, -0.05) is 12.8 Å². The first-order valence-corrected chi connectivity index (χ1v) is 7.66. The largest absolute Gasteiger partial charge is 0.368 e. The van der Waals surface area contributed by atoms with Gasteiger partial charge in [-0.15, -0.1) is 0 Å². The Bertz CT molecular complexity index is 588. The summed E-state index contributed by atoms with van der Waals surface area (Å²) in [5, 5.41) is 20.1. The standard InChI is InChI=1S/C16H19N3O2/c17-11-13-7-8-14(10-16(13)19(20)21)18-9-3-6-15(18)12-4-1-2-5-12/h7-8,10,12,15H,1-6,9H2. The van der Waals surface area contributed by atoms with E-state index in [4.69, 9.17) is 5.26 Å². The van der Waals surface area contributed by atoms with Gasteiger partial charge in [0.05, 0.1) is 4.92 Å². The van der Waals surface area contributed by atoms with E-state index < -0.39 is 4.92 Å². The van der Waals surface area contributed by atoms with Gasteiger partial charge in [0.25, 0.3) is 5.69 Å². The molecule has 1 heterocycles. The van der Waals surface area contributed by atoms with Gasteiger partial charge in [0.1, 0.15) is 11.6 Å². The van der Waals surface area contributed by atoms with Crippen LogP contribution in [0.4, 0.5) is 11.4 Å². The molecule has 0 aromatic heterocycles. The number of benzene rings is 1.